The minimum Gasteiger partial charge on any atom is -0.293 e. The summed E-state index contributed by atoms with van der Waals surface area (Å²) in [4.78, 5) is 16.5. The molecule has 0 saturated heterocycles. The average Bonchev–Trinajstić information content (AvgIpc) is 2.35. The fourth-order valence-electron chi connectivity index (χ4n) is 1.78. The molecule has 0 aliphatic carbocycles. The number of Topliss-reactive ketones (excluding diaryl/α,β-unsaturated/α-hetero) is 1. The lowest BCUT2D eigenvalue weighted by atomic mass is 10.1. The summed E-state index contributed by atoms with van der Waals surface area (Å²) in [5, 5.41) is 1.37. The smallest absolute Gasteiger partial charge is 0.174 e. The first-order valence-corrected chi connectivity index (χ1v) is 7.28. The SMILES string of the molecule is Cc1cc(C)nc(SCC(=O)c2ccccc2Cl)c1. The summed E-state index contributed by atoms with van der Waals surface area (Å²) < 4.78 is 0. The lowest BCUT2D eigenvalue weighted by Gasteiger charge is -2.05. The number of rotatable bonds is 4. The van der Waals surface area contributed by atoms with Gasteiger partial charge in [-0.3, -0.25) is 4.79 Å². The summed E-state index contributed by atoms with van der Waals surface area (Å²) in [6, 6.07) is 11.1. The Labute approximate surface area is 122 Å². The Morgan fingerprint density at radius 3 is 2.68 bits per heavy atom. The molecule has 1 heterocycles. The van der Waals surface area contributed by atoms with Crippen molar-refractivity contribution < 1.29 is 4.79 Å². The maximum atomic E-state index is 12.1. The molecule has 0 saturated carbocycles. The summed E-state index contributed by atoms with van der Waals surface area (Å²) >= 11 is 7.45. The van der Waals surface area contributed by atoms with Crippen LogP contribution in [0, 0.1) is 13.8 Å². The Balaban J connectivity index is 2.07. The molecule has 4 heteroatoms. The van der Waals surface area contributed by atoms with Gasteiger partial charge in [0.2, 0.25) is 0 Å². The first-order valence-electron chi connectivity index (χ1n) is 5.92. The van der Waals surface area contributed by atoms with E-state index in [0.717, 1.165) is 16.3 Å². The van der Waals surface area contributed by atoms with E-state index in [-0.39, 0.29) is 5.78 Å². The average molecular weight is 292 g/mol. The molecule has 2 rings (SSSR count). The van der Waals surface area contributed by atoms with Gasteiger partial charge in [-0.2, -0.15) is 0 Å². The number of ketones is 1. The second-order valence-corrected chi connectivity index (χ2v) is 5.72. The monoisotopic (exact) mass is 291 g/mol. The number of carbonyl (C=O) groups is 1. The van der Waals surface area contributed by atoms with E-state index < -0.39 is 0 Å². The van der Waals surface area contributed by atoms with Gasteiger partial charge in [0.1, 0.15) is 0 Å². The summed E-state index contributed by atoms with van der Waals surface area (Å²) in [6.45, 7) is 3.97. The summed E-state index contributed by atoms with van der Waals surface area (Å²) in [5.41, 5.74) is 2.69. The van der Waals surface area contributed by atoms with Crippen LogP contribution in [0.3, 0.4) is 0 Å². The molecular formula is C15H14ClNOS. The standard InChI is InChI=1S/C15H14ClNOS/c1-10-7-11(2)17-15(8-10)19-9-14(18)12-5-3-4-6-13(12)16/h3-8H,9H2,1-2H3. The molecule has 0 aliphatic rings. The number of thioether (sulfide) groups is 1. The first-order chi connectivity index (χ1) is 9.06. The number of hydrogen-bond acceptors (Lipinski definition) is 3. The highest BCUT2D eigenvalue weighted by Gasteiger charge is 2.10. The minimum absolute atomic E-state index is 0.0246. The Kier molecular flexibility index (Phi) is 4.61. The van der Waals surface area contributed by atoms with E-state index in [4.69, 9.17) is 11.6 Å². The molecule has 0 bridgehead atoms. The van der Waals surface area contributed by atoms with Gasteiger partial charge in [0, 0.05) is 11.3 Å². The van der Waals surface area contributed by atoms with E-state index in [9.17, 15) is 4.79 Å². The summed E-state index contributed by atoms with van der Waals surface area (Å²) in [6.07, 6.45) is 0. The van der Waals surface area contributed by atoms with Crippen LogP contribution in [0.5, 0.6) is 0 Å². The molecular weight excluding hydrogens is 278 g/mol. The van der Waals surface area contributed by atoms with Gasteiger partial charge >= 0.3 is 0 Å². The van der Waals surface area contributed by atoms with Gasteiger partial charge in [-0.15, -0.1) is 0 Å². The molecule has 19 heavy (non-hydrogen) atoms. The maximum Gasteiger partial charge on any atom is 0.174 e. The van der Waals surface area contributed by atoms with Crippen molar-refractivity contribution in [2.24, 2.45) is 0 Å². The highest BCUT2D eigenvalue weighted by Crippen LogP contribution is 2.22. The van der Waals surface area contributed by atoms with E-state index in [2.05, 4.69) is 4.98 Å². The van der Waals surface area contributed by atoms with E-state index in [1.54, 1.807) is 12.1 Å². The van der Waals surface area contributed by atoms with Gasteiger partial charge in [0.15, 0.2) is 5.78 Å². The highest BCUT2D eigenvalue weighted by atomic mass is 35.5. The largest absolute Gasteiger partial charge is 0.293 e. The molecule has 0 amide bonds. The zero-order valence-electron chi connectivity index (χ0n) is 10.8. The number of pyridine rings is 1. The Morgan fingerprint density at radius 2 is 2.00 bits per heavy atom. The third-order valence-corrected chi connectivity index (χ3v) is 3.84. The predicted molar refractivity (Wildman–Crippen MR) is 80.2 cm³/mol. The molecule has 98 valence electrons. The Morgan fingerprint density at radius 1 is 1.26 bits per heavy atom. The third-order valence-electron chi connectivity index (χ3n) is 2.60. The van der Waals surface area contributed by atoms with E-state index in [1.165, 1.54) is 11.8 Å². The number of benzene rings is 1. The molecule has 0 unspecified atom stereocenters. The van der Waals surface area contributed by atoms with Crippen LogP contribution in [0.2, 0.25) is 5.02 Å². The second kappa shape index (κ2) is 6.22. The maximum absolute atomic E-state index is 12.1. The van der Waals surface area contributed by atoms with Crippen LogP contribution in [0.4, 0.5) is 0 Å². The zero-order valence-corrected chi connectivity index (χ0v) is 12.4. The molecule has 2 nitrogen and oxygen atoms in total. The van der Waals surface area contributed by atoms with Crippen LogP contribution in [-0.4, -0.2) is 16.5 Å². The summed E-state index contributed by atoms with van der Waals surface area (Å²) in [5.74, 6) is 0.371. The van der Waals surface area contributed by atoms with Crippen LogP contribution >= 0.6 is 23.4 Å². The lowest BCUT2D eigenvalue weighted by Crippen LogP contribution is -2.03. The fraction of sp³-hybridized carbons (Fsp3) is 0.200. The van der Waals surface area contributed by atoms with Crippen molar-refractivity contribution in [3.05, 3.63) is 58.2 Å². The molecule has 1 aromatic heterocycles. The first kappa shape index (κ1) is 14.1. The van der Waals surface area contributed by atoms with Crippen molar-refractivity contribution in [2.75, 3.05) is 5.75 Å². The van der Waals surface area contributed by atoms with E-state index in [0.29, 0.717) is 16.3 Å². The molecule has 0 spiro atoms. The van der Waals surface area contributed by atoms with Gasteiger partial charge in [0.05, 0.1) is 15.8 Å². The highest BCUT2D eigenvalue weighted by molar-refractivity contribution is 7.99. The number of carbonyl (C=O) groups excluding carboxylic acids is 1. The molecule has 0 fully saturated rings. The van der Waals surface area contributed by atoms with Crippen LogP contribution in [0.25, 0.3) is 0 Å². The van der Waals surface area contributed by atoms with E-state index in [1.807, 2.05) is 38.1 Å². The van der Waals surface area contributed by atoms with Crippen molar-refractivity contribution in [2.45, 2.75) is 18.9 Å². The van der Waals surface area contributed by atoms with Crippen molar-refractivity contribution in [1.29, 1.82) is 0 Å². The number of aromatic nitrogens is 1. The quantitative estimate of drug-likeness (QED) is 0.620. The van der Waals surface area contributed by atoms with Crippen LogP contribution in [-0.2, 0) is 0 Å². The van der Waals surface area contributed by atoms with Crippen molar-refractivity contribution in [3.8, 4) is 0 Å². The van der Waals surface area contributed by atoms with Crippen LogP contribution in [0.1, 0.15) is 21.6 Å². The molecule has 2 aromatic rings. The van der Waals surface area contributed by atoms with Gasteiger partial charge in [0.25, 0.3) is 0 Å². The van der Waals surface area contributed by atoms with Crippen LogP contribution in [0.15, 0.2) is 41.4 Å². The van der Waals surface area contributed by atoms with Crippen molar-refractivity contribution >= 4 is 29.1 Å². The van der Waals surface area contributed by atoms with Crippen molar-refractivity contribution in [3.63, 3.8) is 0 Å². The predicted octanol–water partition coefficient (Wildman–Crippen LogP) is 4.33. The molecule has 0 radical (unpaired) electrons. The number of hydrogen-bond donors (Lipinski definition) is 0. The summed E-state index contributed by atoms with van der Waals surface area (Å²) in [7, 11) is 0. The lowest BCUT2D eigenvalue weighted by molar-refractivity contribution is 0.102. The van der Waals surface area contributed by atoms with Gasteiger partial charge < -0.3 is 0 Å². The van der Waals surface area contributed by atoms with Gasteiger partial charge in [-0.05, 0) is 43.7 Å². The number of nitrogens with zero attached hydrogens (tertiary/aromatic N) is 1. The number of halogens is 1. The molecule has 1 aromatic carbocycles. The molecule has 0 N–H and O–H groups in total. The van der Waals surface area contributed by atoms with Gasteiger partial charge in [-0.1, -0.05) is 35.5 Å². The normalized spacial score (nSPS) is 10.5. The molecule has 0 aliphatic heterocycles. The number of aryl methyl sites for hydroxylation is 2. The minimum atomic E-state index is 0.0246. The third kappa shape index (κ3) is 3.82. The van der Waals surface area contributed by atoms with E-state index >= 15 is 0 Å². The second-order valence-electron chi connectivity index (χ2n) is 4.32. The van der Waals surface area contributed by atoms with Crippen LogP contribution < -0.4 is 0 Å². The zero-order chi connectivity index (χ0) is 13.8. The van der Waals surface area contributed by atoms with Crippen molar-refractivity contribution in [1.82, 2.24) is 4.98 Å². The Hall–Kier alpha value is -1.32. The molecule has 0 atom stereocenters. The fourth-order valence-corrected chi connectivity index (χ4v) is 2.94. The Bertz CT molecular complexity index is 593. The van der Waals surface area contributed by atoms with Gasteiger partial charge in [-0.25, -0.2) is 4.98 Å². The topological polar surface area (TPSA) is 30.0 Å².